The van der Waals surface area contributed by atoms with Gasteiger partial charge in [-0.1, -0.05) is 36.8 Å². The highest BCUT2D eigenvalue weighted by Crippen LogP contribution is 2.21. The third-order valence-corrected chi connectivity index (χ3v) is 4.41. The van der Waals surface area contributed by atoms with E-state index in [1.807, 2.05) is 57.2 Å². The number of nitrogens with one attached hydrogen (secondary N) is 2. The van der Waals surface area contributed by atoms with Crippen LogP contribution in [0.1, 0.15) is 29.2 Å². The molecule has 144 valence electrons. The Morgan fingerprint density at radius 3 is 1.93 bits per heavy atom. The monoisotopic (exact) mass is 367 g/mol. The van der Waals surface area contributed by atoms with Crippen molar-refractivity contribution in [3.63, 3.8) is 0 Å². The first-order valence-electron chi connectivity index (χ1n) is 9.23. The van der Waals surface area contributed by atoms with Gasteiger partial charge >= 0.3 is 0 Å². The maximum Gasteiger partial charge on any atom is 0.238 e. The second-order valence-electron chi connectivity index (χ2n) is 7.09. The molecule has 2 aromatic rings. The Bertz CT molecular complexity index is 790. The van der Waals surface area contributed by atoms with Crippen molar-refractivity contribution in [3.8, 4) is 0 Å². The summed E-state index contributed by atoms with van der Waals surface area (Å²) in [4.78, 5) is 26.2. The fourth-order valence-corrected chi connectivity index (χ4v) is 3.13. The largest absolute Gasteiger partial charge is 0.325 e. The second kappa shape index (κ2) is 9.33. The quantitative estimate of drug-likeness (QED) is 0.785. The maximum absolute atomic E-state index is 12.3. The molecule has 0 saturated carbocycles. The first-order valence-corrected chi connectivity index (χ1v) is 9.23. The van der Waals surface area contributed by atoms with Crippen LogP contribution in [0.15, 0.2) is 36.4 Å². The third-order valence-electron chi connectivity index (χ3n) is 4.41. The van der Waals surface area contributed by atoms with Crippen LogP contribution in [0, 0.1) is 20.8 Å². The van der Waals surface area contributed by atoms with Crippen LogP contribution < -0.4 is 10.6 Å². The summed E-state index contributed by atoms with van der Waals surface area (Å²) in [6.07, 6.45) is 0.964. The minimum Gasteiger partial charge on any atom is -0.325 e. The van der Waals surface area contributed by atoms with E-state index in [4.69, 9.17) is 0 Å². The molecule has 2 N–H and O–H groups in total. The first-order chi connectivity index (χ1) is 12.8. The average Bonchev–Trinajstić information content (AvgIpc) is 2.58. The van der Waals surface area contributed by atoms with Gasteiger partial charge in [0, 0.05) is 11.4 Å². The van der Waals surface area contributed by atoms with Gasteiger partial charge in [0.15, 0.2) is 0 Å². The number of rotatable bonds is 7. The van der Waals surface area contributed by atoms with Crippen LogP contribution >= 0.6 is 0 Å². The van der Waals surface area contributed by atoms with E-state index in [1.165, 1.54) is 11.1 Å². The minimum absolute atomic E-state index is 0.132. The summed E-state index contributed by atoms with van der Waals surface area (Å²) in [5.74, 6) is -0.273. The number of nitrogens with zero attached hydrogens (tertiary/aromatic N) is 1. The van der Waals surface area contributed by atoms with Gasteiger partial charge in [0.25, 0.3) is 0 Å². The molecule has 0 aliphatic carbocycles. The van der Waals surface area contributed by atoms with E-state index in [-0.39, 0.29) is 24.9 Å². The molecule has 0 aliphatic heterocycles. The molecular weight excluding hydrogens is 338 g/mol. The van der Waals surface area contributed by atoms with E-state index in [0.29, 0.717) is 0 Å². The number of anilines is 2. The van der Waals surface area contributed by atoms with Gasteiger partial charge in [-0.3, -0.25) is 14.5 Å². The Labute approximate surface area is 161 Å². The lowest BCUT2D eigenvalue weighted by atomic mass is 10.1. The fourth-order valence-electron chi connectivity index (χ4n) is 3.13. The Hall–Kier alpha value is -2.66. The topological polar surface area (TPSA) is 61.4 Å². The summed E-state index contributed by atoms with van der Waals surface area (Å²) in [6, 6.07) is 11.9. The zero-order valence-corrected chi connectivity index (χ0v) is 16.8. The van der Waals surface area contributed by atoms with Gasteiger partial charge in [-0.15, -0.1) is 0 Å². The van der Waals surface area contributed by atoms with Crippen LogP contribution in [0.5, 0.6) is 0 Å². The molecule has 2 rings (SSSR count). The van der Waals surface area contributed by atoms with Crippen molar-refractivity contribution in [2.24, 2.45) is 0 Å². The summed E-state index contributed by atoms with van der Waals surface area (Å²) in [5, 5.41) is 5.82. The molecule has 2 amide bonds. The van der Waals surface area contributed by atoms with Gasteiger partial charge in [0.05, 0.1) is 13.1 Å². The molecule has 27 heavy (non-hydrogen) atoms. The molecule has 0 unspecified atom stereocenters. The Kier molecular flexibility index (Phi) is 7.13. The smallest absolute Gasteiger partial charge is 0.238 e. The molecule has 0 spiro atoms. The number of hydrogen-bond donors (Lipinski definition) is 2. The van der Waals surface area contributed by atoms with E-state index in [9.17, 15) is 9.59 Å². The predicted molar refractivity (Wildman–Crippen MR) is 111 cm³/mol. The van der Waals surface area contributed by atoms with Crippen molar-refractivity contribution in [3.05, 3.63) is 58.7 Å². The zero-order valence-electron chi connectivity index (χ0n) is 16.8. The number of likely N-dealkylation sites (N-methyl/N-ethyl adjacent to an activating group) is 1. The standard InChI is InChI=1S/C22H29N3O2/c1-6-18-7-9-19(10-8-18)23-20(26)13-25(5)14-21(27)24-22-16(3)11-15(2)12-17(22)4/h7-12H,6,13-14H2,1-5H3,(H,23,26)(H,24,27). The number of aryl methyl sites for hydroxylation is 4. The number of hydrogen-bond acceptors (Lipinski definition) is 3. The number of benzene rings is 2. The molecule has 0 fully saturated rings. The van der Waals surface area contributed by atoms with Crippen molar-refractivity contribution in [2.75, 3.05) is 30.8 Å². The highest BCUT2D eigenvalue weighted by atomic mass is 16.2. The van der Waals surface area contributed by atoms with Crippen molar-refractivity contribution >= 4 is 23.2 Å². The zero-order chi connectivity index (χ0) is 20.0. The van der Waals surface area contributed by atoms with Crippen LogP contribution in [0.4, 0.5) is 11.4 Å². The average molecular weight is 367 g/mol. The normalized spacial score (nSPS) is 10.7. The van der Waals surface area contributed by atoms with Crippen LogP contribution in [0.25, 0.3) is 0 Å². The van der Waals surface area contributed by atoms with Crippen molar-refractivity contribution in [1.82, 2.24) is 4.90 Å². The van der Waals surface area contributed by atoms with Gasteiger partial charge in [-0.25, -0.2) is 0 Å². The van der Waals surface area contributed by atoms with Gasteiger partial charge in [-0.2, -0.15) is 0 Å². The van der Waals surface area contributed by atoms with Crippen LogP contribution in [-0.2, 0) is 16.0 Å². The highest BCUT2D eigenvalue weighted by Gasteiger charge is 2.13. The van der Waals surface area contributed by atoms with E-state index >= 15 is 0 Å². The SMILES string of the molecule is CCc1ccc(NC(=O)CN(C)CC(=O)Nc2c(C)cc(C)cc2C)cc1. The van der Waals surface area contributed by atoms with Crippen molar-refractivity contribution < 1.29 is 9.59 Å². The summed E-state index contributed by atoms with van der Waals surface area (Å²) in [6.45, 7) is 8.39. The number of carbonyl (C=O) groups is 2. The second-order valence-corrected chi connectivity index (χ2v) is 7.09. The van der Waals surface area contributed by atoms with Gasteiger partial charge < -0.3 is 10.6 Å². The molecule has 0 saturated heterocycles. The van der Waals surface area contributed by atoms with Crippen molar-refractivity contribution in [2.45, 2.75) is 34.1 Å². The summed E-state index contributed by atoms with van der Waals surface area (Å²) in [7, 11) is 1.76. The Morgan fingerprint density at radius 2 is 1.41 bits per heavy atom. The van der Waals surface area contributed by atoms with Gasteiger partial charge in [0.1, 0.15) is 0 Å². The van der Waals surface area contributed by atoms with Gasteiger partial charge in [0.2, 0.25) is 11.8 Å². The summed E-state index contributed by atoms with van der Waals surface area (Å²) < 4.78 is 0. The fraction of sp³-hybridized carbons (Fsp3) is 0.364. The molecule has 0 aliphatic rings. The molecular formula is C22H29N3O2. The molecule has 5 heteroatoms. The molecule has 0 bridgehead atoms. The Morgan fingerprint density at radius 1 is 0.889 bits per heavy atom. The lowest BCUT2D eigenvalue weighted by Gasteiger charge is -2.18. The highest BCUT2D eigenvalue weighted by molar-refractivity contribution is 5.95. The molecule has 0 aromatic heterocycles. The van der Waals surface area contributed by atoms with E-state index < -0.39 is 0 Å². The number of carbonyl (C=O) groups excluding carboxylic acids is 2. The molecule has 2 aromatic carbocycles. The molecule has 5 nitrogen and oxygen atoms in total. The van der Waals surface area contributed by atoms with E-state index in [0.717, 1.165) is 28.9 Å². The van der Waals surface area contributed by atoms with Gasteiger partial charge in [-0.05, 0) is 63.1 Å². The minimum atomic E-state index is -0.141. The maximum atomic E-state index is 12.3. The molecule has 0 radical (unpaired) electrons. The summed E-state index contributed by atoms with van der Waals surface area (Å²) >= 11 is 0. The number of amides is 2. The van der Waals surface area contributed by atoms with Crippen molar-refractivity contribution in [1.29, 1.82) is 0 Å². The molecule has 0 atom stereocenters. The lowest BCUT2D eigenvalue weighted by Crippen LogP contribution is -2.36. The van der Waals surface area contributed by atoms with E-state index in [1.54, 1.807) is 11.9 Å². The van der Waals surface area contributed by atoms with Crippen LogP contribution in [-0.4, -0.2) is 36.9 Å². The van der Waals surface area contributed by atoms with Crippen LogP contribution in [0.2, 0.25) is 0 Å². The van der Waals surface area contributed by atoms with Crippen LogP contribution in [0.3, 0.4) is 0 Å². The van der Waals surface area contributed by atoms with E-state index in [2.05, 4.69) is 17.6 Å². The summed E-state index contributed by atoms with van der Waals surface area (Å²) in [5.41, 5.74) is 6.08. The predicted octanol–water partition coefficient (Wildman–Crippen LogP) is 3.68. The lowest BCUT2D eigenvalue weighted by molar-refractivity contribution is -0.119. The Balaban J connectivity index is 1.86. The molecule has 0 heterocycles. The third kappa shape index (κ3) is 6.22. The first kappa shape index (κ1) is 20.6.